The average Bonchev–Trinajstić information content (AvgIpc) is 2.81. The lowest BCUT2D eigenvalue weighted by Crippen LogP contribution is -2.58. The highest BCUT2D eigenvalue weighted by molar-refractivity contribution is 5.96. The minimum atomic E-state index is -1.01. The third kappa shape index (κ3) is 3.08. The van der Waals surface area contributed by atoms with Gasteiger partial charge in [-0.2, -0.15) is 5.10 Å². The molecule has 2 aromatic carbocycles. The molecular formula is C23H19F2N3O4. The van der Waals surface area contributed by atoms with E-state index in [-0.39, 0.29) is 31.0 Å². The smallest absolute Gasteiger partial charge is 0.276 e. The van der Waals surface area contributed by atoms with Gasteiger partial charge in [-0.05, 0) is 11.6 Å². The predicted molar refractivity (Wildman–Crippen MR) is 109 cm³/mol. The largest absolute Gasteiger partial charge is 0.502 e. The molecular weight excluding hydrogens is 420 g/mol. The number of nitrogens with zero attached hydrogens (tertiary/aromatic N) is 3. The fourth-order valence-electron chi connectivity index (χ4n) is 4.69. The summed E-state index contributed by atoms with van der Waals surface area (Å²) >= 11 is 0. The van der Waals surface area contributed by atoms with E-state index in [4.69, 9.17) is 4.74 Å². The molecule has 3 aromatic rings. The number of carbonyl (C=O) groups excluding carboxylic acids is 1. The SMILES string of the molecule is O=C1c2c(O)c(=O)cnn2[C@@H](C(c2ccccc2)c2cccc(F)c2F)[C@@H]2COCCN12. The summed E-state index contributed by atoms with van der Waals surface area (Å²) in [6.07, 6.45) is 0.919. The summed E-state index contributed by atoms with van der Waals surface area (Å²) in [7, 11) is 0. The van der Waals surface area contributed by atoms with Crippen LogP contribution < -0.4 is 5.43 Å². The van der Waals surface area contributed by atoms with Gasteiger partial charge in [0.15, 0.2) is 23.1 Å². The summed E-state index contributed by atoms with van der Waals surface area (Å²) < 4.78 is 36.3. The lowest BCUT2D eigenvalue weighted by molar-refractivity contribution is -0.0323. The summed E-state index contributed by atoms with van der Waals surface area (Å²) in [4.78, 5) is 26.8. The number of aromatic hydroxyl groups is 1. The molecule has 7 nitrogen and oxygen atoms in total. The van der Waals surface area contributed by atoms with Gasteiger partial charge in [0.2, 0.25) is 5.43 Å². The van der Waals surface area contributed by atoms with Gasteiger partial charge in [-0.3, -0.25) is 9.59 Å². The molecule has 9 heteroatoms. The van der Waals surface area contributed by atoms with Crippen molar-refractivity contribution in [3.63, 3.8) is 0 Å². The molecule has 3 atom stereocenters. The Bertz CT molecular complexity index is 1250. The maximum absolute atomic E-state index is 15.1. The number of amides is 1. The van der Waals surface area contributed by atoms with Gasteiger partial charge >= 0.3 is 0 Å². The van der Waals surface area contributed by atoms with Crippen molar-refractivity contribution in [1.82, 2.24) is 14.7 Å². The van der Waals surface area contributed by atoms with Crippen LogP contribution in [0.15, 0.2) is 59.5 Å². The highest BCUT2D eigenvalue weighted by Crippen LogP contribution is 2.44. The number of carbonyl (C=O) groups is 1. The maximum Gasteiger partial charge on any atom is 0.276 e. The second kappa shape index (κ2) is 7.83. The van der Waals surface area contributed by atoms with Crippen LogP contribution in [0.1, 0.15) is 33.6 Å². The number of halogens is 2. The Hall–Kier alpha value is -3.59. The predicted octanol–water partition coefficient (Wildman–Crippen LogP) is 2.45. The number of fused-ring (bicyclic) bond motifs is 2. The first kappa shape index (κ1) is 20.3. The highest BCUT2D eigenvalue weighted by Gasteiger charge is 2.48. The van der Waals surface area contributed by atoms with Crippen LogP contribution in [0.25, 0.3) is 0 Å². The molecule has 32 heavy (non-hydrogen) atoms. The fraction of sp³-hybridized carbons (Fsp3) is 0.261. The van der Waals surface area contributed by atoms with E-state index >= 15 is 4.39 Å². The van der Waals surface area contributed by atoms with Crippen LogP contribution in [0.3, 0.4) is 0 Å². The zero-order chi connectivity index (χ0) is 22.4. The van der Waals surface area contributed by atoms with Gasteiger partial charge in [0.05, 0.1) is 31.5 Å². The first-order valence-corrected chi connectivity index (χ1v) is 10.2. The number of benzene rings is 2. The molecule has 1 fully saturated rings. The first-order chi connectivity index (χ1) is 15.5. The van der Waals surface area contributed by atoms with Gasteiger partial charge < -0.3 is 14.7 Å². The zero-order valence-electron chi connectivity index (χ0n) is 16.8. The normalized spacial score (nSPS) is 21.1. The molecule has 164 valence electrons. The van der Waals surface area contributed by atoms with Crippen LogP contribution in [0, 0.1) is 11.6 Å². The molecule has 1 N–H and O–H groups in total. The molecule has 1 unspecified atom stereocenters. The zero-order valence-corrected chi connectivity index (χ0v) is 16.8. The van der Waals surface area contributed by atoms with Gasteiger partial charge in [-0.15, -0.1) is 0 Å². The molecule has 0 radical (unpaired) electrons. The average molecular weight is 439 g/mol. The van der Waals surface area contributed by atoms with Crippen LogP contribution >= 0.6 is 0 Å². The fourth-order valence-corrected chi connectivity index (χ4v) is 4.69. The lowest BCUT2D eigenvalue weighted by atomic mass is 9.79. The topological polar surface area (TPSA) is 84.7 Å². The third-order valence-corrected chi connectivity index (χ3v) is 6.11. The Morgan fingerprint density at radius 1 is 1.09 bits per heavy atom. The monoisotopic (exact) mass is 439 g/mol. The Morgan fingerprint density at radius 3 is 2.66 bits per heavy atom. The van der Waals surface area contributed by atoms with Gasteiger partial charge in [-0.25, -0.2) is 13.5 Å². The van der Waals surface area contributed by atoms with Gasteiger partial charge in [0, 0.05) is 18.0 Å². The maximum atomic E-state index is 15.1. The molecule has 0 aliphatic carbocycles. The van der Waals surface area contributed by atoms with E-state index in [2.05, 4.69) is 5.10 Å². The van der Waals surface area contributed by atoms with Gasteiger partial charge in [0.25, 0.3) is 5.91 Å². The minimum Gasteiger partial charge on any atom is -0.502 e. The summed E-state index contributed by atoms with van der Waals surface area (Å²) in [5, 5.41) is 14.6. The van der Waals surface area contributed by atoms with Crippen LogP contribution in [-0.2, 0) is 4.74 Å². The highest BCUT2D eigenvalue weighted by atomic mass is 19.2. The number of morpholine rings is 1. The van der Waals surface area contributed by atoms with E-state index in [9.17, 15) is 19.1 Å². The quantitative estimate of drug-likeness (QED) is 0.678. The molecule has 1 aromatic heterocycles. The second-order valence-corrected chi connectivity index (χ2v) is 7.81. The Labute approximate surface area is 181 Å². The van der Waals surface area contributed by atoms with Crippen molar-refractivity contribution in [3.8, 4) is 5.75 Å². The van der Waals surface area contributed by atoms with Crippen LogP contribution in [0.5, 0.6) is 5.75 Å². The van der Waals surface area contributed by atoms with Crippen LogP contribution in [0.4, 0.5) is 8.78 Å². The van der Waals surface area contributed by atoms with Gasteiger partial charge in [-0.1, -0.05) is 42.5 Å². The second-order valence-electron chi connectivity index (χ2n) is 7.81. The molecule has 0 bridgehead atoms. The van der Waals surface area contributed by atoms with Gasteiger partial charge in [0.1, 0.15) is 0 Å². The van der Waals surface area contributed by atoms with Crippen molar-refractivity contribution in [2.24, 2.45) is 0 Å². The van der Waals surface area contributed by atoms with Crippen LogP contribution in [0.2, 0.25) is 0 Å². The van der Waals surface area contributed by atoms with Crippen molar-refractivity contribution in [3.05, 3.63) is 93.4 Å². The van der Waals surface area contributed by atoms with Crippen LogP contribution in [-0.4, -0.2) is 51.5 Å². The van der Waals surface area contributed by atoms with E-state index in [1.54, 1.807) is 30.3 Å². The molecule has 3 heterocycles. The number of hydrogen-bond acceptors (Lipinski definition) is 5. The number of hydrogen-bond donors (Lipinski definition) is 1. The van der Waals surface area contributed by atoms with Crippen molar-refractivity contribution in [2.75, 3.05) is 19.8 Å². The summed E-state index contributed by atoms with van der Waals surface area (Å²) in [5.41, 5.74) is -0.318. The molecule has 2 aliphatic rings. The van der Waals surface area contributed by atoms with Crippen molar-refractivity contribution in [2.45, 2.75) is 18.0 Å². The number of rotatable bonds is 3. The van der Waals surface area contributed by atoms with Crippen molar-refractivity contribution in [1.29, 1.82) is 0 Å². The first-order valence-electron chi connectivity index (χ1n) is 10.2. The van der Waals surface area contributed by atoms with E-state index < -0.39 is 46.7 Å². The van der Waals surface area contributed by atoms with Crippen molar-refractivity contribution >= 4 is 5.91 Å². The Kier molecular flexibility index (Phi) is 4.97. The van der Waals surface area contributed by atoms with E-state index in [1.165, 1.54) is 21.7 Å². The number of aromatic nitrogens is 2. The minimum absolute atomic E-state index is 0.0759. The Morgan fingerprint density at radius 2 is 1.88 bits per heavy atom. The van der Waals surface area contributed by atoms with E-state index in [0.29, 0.717) is 5.56 Å². The Balaban J connectivity index is 1.81. The molecule has 0 saturated carbocycles. The molecule has 5 rings (SSSR count). The molecule has 1 saturated heterocycles. The molecule has 2 aliphatic heterocycles. The number of ether oxygens (including phenoxy) is 1. The third-order valence-electron chi connectivity index (χ3n) is 6.11. The molecule has 1 amide bonds. The summed E-state index contributed by atoms with van der Waals surface area (Å²) in [5.74, 6) is -4.06. The van der Waals surface area contributed by atoms with E-state index in [0.717, 1.165) is 12.3 Å². The summed E-state index contributed by atoms with van der Waals surface area (Å²) in [6.45, 7) is 0.658. The molecule has 0 spiro atoms. The summed E-state index contributed by atoms with van der Waals surface area (Å²) in [6, 6.07) is 11.5. The van der Waals surface area contributed by atoms with E-state index in [1.807, 2.05) is 0 Å². The standard InChI is InChI=1S/C23H19F2N3O4/c24-15-8-4-7-14(19(15)25)18(13-5-2-1-3-6-13)20-16-12-32-10-9-27(16)23(31)21-22(30)17(29)11-26-28(20)21/h1-8,11,16,18,20,30H,9-10,12H2/t16-,18?,20+/m0/s1. The van der Waals surface area contributed by atoms with Crippen molar-refractivity contribution < 1.29 is 23.4 Å². The lowest BCUT2D eigenvalue weighted by Gasteiger charge is -2.47.